The number of carbonyl (C=O) groups is 1. The van der Waals surface area contributed by atoms with E-state index in [2.05, 4.69) is 8.80 Å². The second kappa shape index (κ2) is 9.58. The van der Waals surface area contributed by atoms with Crippen LogP contribution in [0.4, 0.5) is 0 Å². The van der Waals surface area contributed by atoms with E-state index in [9.17, 15) is 10.2 Å². The molecule has 2 aliphatic carbocycles. The largest absolute Gasteiger partial charge is 0.508 e. The van der Waals surface area contributed by atoms with Crippen molar-refractivity contribution in [3.8, 4) is 11.5 Å². The molecule has 2 unspecified atom stereocenters. The Hall–Kier alpha value is -4.91. The summed E-state index contributed by atoms with van der Waals surface area (Å²) in [5, 5.41) is 20.4. The van der Waals surface area contributed by atoms with Gasteiger partial charge >= 0.3 is 0 Å². The Balaban J connectivity index is 1.40. The minimum atomic E-state index is -0.654. The van der Waals surface area contributed by atoms with E-state index >= 15 is 4.79 Å². The highest BCUT2D eigenvalue weighted by Crippen LogP contribution is 2.48. The van der Waals surface area contributed by atoms with Crippen LogP contribution in [0.15, 0.2) is 97.3 Å². The lowest BCUT2D eigenvalue weighted by molar-refractivity contribution is -0.120. The van der Waals surface area contributed by atoms with E-state index in [0.29, 0.717) is 11.8 Å². The Kier molecular flexibility index (Phi) is 5.67. The highest BCUT2D eigenvalue weighted by molar-refractivity contribution is 5.97. The van der Waals surface area contributed by atoms with Gasteiger partial charge in [0.15, 0.2) is 5.78 Å². The van der Waals surface area contributed by atoms with Crippen molar-refractivity contribution in [1.82, 2.24) is 18.8 Å². The minimum Gasteiger partial charge on any atom is -0.508 e. The molecule has 7 heteroatoms. The third kappa shape index (κ3) is 4.15. The van der Waals surface area contributed by atoms with E-state index in [1.165, 1.54) is 0 Å². The standard InChI is InChI=1S/C35H30N4O3/c40-25-15-11-21(12-16-25)29(33-31(23-7-8-23)36-27-5-1-3-19-38(27)33)35(42)30(22-13-17-26(41)18-14-22)34-32(24-9-10-24)37-28-6-2-4-20-39(28)34/h1-6,11-20,23-24,29-30,40-41H,7-10H2. The van der Waals surface area contributed by atoms with Crippen LogP contribution < -0.4 is 0 Å². The number of aromatic hydroxyl groups is 2. The number of phenolic OH excluding ortho intramolecular Hbond substituents is 2. The smallest absolute Gasteiger partial charge is 0.159 e. The Labute approximate surface area is 242 Å². The molecule has 0 radical (unpaired) electrons. The van der Waals surface area contributed by atoms with Crippen LogP contribution in [0.25, 0.3) is 11.3 Å². The number of fused-ring (bicyclic) bond motifs is 2. The maximum atomic E-state index is 15.5. The normalized spacial score (nSPS) is 16.6. The zero-order valence-electron chi connectivity index (χ0n) is 23.0. The first-order chi connectivity index (χ1) is 20.6. The number of hydrogen-bond donors (Lipinski definition) is 2. The second-order valence-corrected chi connectivity index (χ2v) is 11.6. The molecule has 208 valence electrons. The first-order valence-corrected chi connectivity index (χ1v) is 14.6. The summed E-state index contributed by atoms with van der Waals surface area (Å²) in [6, 6.07) is 25.8. The molecular formula is C35H30N4O3. The van der Waals surface area contributed by atoms with Crippen molar-refractivity contribution in [1.29, 1.82) is 0 Å². The number of phenols is 2. The molecule has 0 bridgehead atoms. The fourth-order valence-electron chi connectivity index (χ4n) is 6.37. The van der Waals surface area contributed by atoms with Gasteiger partial charge in [-0.05, 0) is 85.3 Å². The molecule has 2 fully saturated rings. The molecule has 0 aliphatic heterocycles. The summed E-state index contributed by atoms with van der Waals surface area (Å²) in [5.41, 5.74) is 6.95. The van der Waals surface area contributed by atoms with Crippen LogP contribution in [-0.4, -0.2) is 34.8 Å². The summed E-state index contributed by atoms with van der Waals surface area (Å²) in [6.07, 6.45) is 8.18. The van der Waals surface area contributed by atoms with Gasteiger partial charge < -0.3 is 19.0 Å². The summed E-state index contributed by atoms with van der Waals surface area (Å²) in [6.45, 7) is 0. The summed E-state index contributed by atoms with van der Waals surface area (Å²) in [4.78, 5) is 25.6. The van der Waals surface area contributed by atoms with Crippen LogP contribution in [0.3, 0.4) is 0 Å². The summed E-state index contributed by atoms with van der Waals surface area (Å²) in [7, 11) is 0. The number of pyridine rings is 2. The number of benzene rings is 2. The molecule has 42 heavy (non-hydrogen) atoms. The van der Waals surface area contributed by atoms with Crippen LogP contribution in [0, 0.1) is 0 Å². The van der Waals surface area contributed by atoms with E-state index < -0.39 is 11.8 Å². The quantitative estimate of drug-likeness (QED) is 0.219. The zero-order valence-corrected chi connectivity index (χ0v) is 23.0. The van der Waals surface area contributed by atoms with Gasteiger partial charge in [-0.1, -0.05) is 36.4 Å². The number of rotatable bonds is 8. The van der Waals surface area contributed by atoms with Crippen LogP contribution in [0.2, 0.25) is 0 Å². The number of aromatic nitrogens is 4. The maximum Gasteiger partial charge on any atom is 0.159 e. The molecule has 6 aromatic rings. The van der Waals surface area contributed by atoms with Crippen LogP contribution in [0.1, 0.15) is 83.3 Å². The lowest BCUT2D eigenvalue weighted by atomic mass is 9.78. The predicted octanol–water partition coefficient (Wildman–Crippen LogP) is 6.68. The SMILES string of the molecule is O=C(C(c1ccc(O)cc1)c1c(C2CC2)nc2ccccn12)C(c1ccc(O)cc1)c1c(C2CC2)nc2ccccn12. The van der Waals surface area contributed by atoms with Crippen LogP contribution >= 0.6 is 0 Å². The van der Waals surface area contributed by atoms with Gasteiger partial charge in [0.2, 0.25) is 0 Å². The number of carbonyl (C=O) groups excluding carboxylic acids is 1. The number of hydrogen-bond acceptors (Lipinski definition) is 5. The van der Waals surface area contributed by atoms with Crippen molar-refractivity contribution in [2.45, 2.75) is 49.4 Å². The molecule has 8 rings (SSSR count). The summed E-state index contributed by atoms with van der Waals surface area (Å²) in [5.74, 6) is -0.366. The van der Waals surface area contributed by atoms with Crippen LogP contribution in [-0.2, 0) is 4.79 Å². The average Bonchev–Trinajstić information content (AvgIpc) is 3.95. The highest BCUT2D eigenvalue weighted by atomic mass is 16.3. The van der Waals surface area contributed by atoms with E-state index in [-0.39, 0.29) is 17.3 Å². The Bertz CT molecular complexity index is 1810. The van der Waals surface area contributed by atoms with Crippen molar-refractivity contribution in [2.75, 3.05) is 0 Å². The minimum absolute atomic E-state index is 0.00601. The average molecular weight is 555 g/mol. The van der Waals surface area contributed by atoms with Gasteiger partial charge in [-0.25, -0.2) is 9.97 Å². The van der Waals surface area contributed by atoms with Crippen molar-refractivity contribution < 1.29 is 15.0 Å². The van der Waals surface area contributed by atoms with Gasteiger partial charge in [-0.2, -0.15) is 0 Å². The first kappa shape index (κ1) is 24.9. The molecule has 2 aliphatic rings. The summed E-state index contributed by atoms with van der Waals surface area (Å²) < 4.78 is 4.13. The van der Waals surface area contributed by atoms with Crippen molar-refractivity contribution in [3.63, 3.8) is 0 Å². The Morgan fingerprint density at radius 1 is 0.619 bits per heavy atom. The van der Waals surface area contributed by atoms with Gasteiger partial charge in [0.1, 0.15) is 22.8 Å². The van der Waals surface area contributed by atoms with Gasteiger partial charge in [0, 0.05) is 24.2 Å². The lowest BCUT2D eigenvalue weighted by Crippen LogP contribution is -2.26. The number of nitrogens with zero attached hydrogens (tertiary/aromatic N) is 4. The second-order valence-electron chi connectivity index (χ2n) is 11.6. The van der Waals surface area contributed by atoms with Crippen molar-refractivity contribution in [2.24, 2.45) is 0 Å². The zero-order chi connectivity index (χ0) is 28.4. The molecule has 2 N–H and O–H groups in total. The Morgan fingerprint density at radius 2 is 1.02 bits per heavy atom. The van der Waals surface area contributed by atoms with Crippen molar-refractivity contribution in [3.05, 3.63) is 131 Å². The van der Waals surface area contributed by atoms with E-state index in [1.54, 1.807) is 24.3 Å². The topological polar surface area (TPSA) is 92.1 Å². The number of ketones is 1. The van der Waals surface area contributed by atoms with Crippen LogP contribution in [0.5, 0.6) is 11.5 Å². The van der Waals surface area contributed by atoms with Crippen molar-refractivity contribution >= 4 is 17.1 Å². The Morgan fingerprint density at radius 3 is 1.40 bits per heavy atom. The molecular weight excluding hydrogens is 524 g/mol. The van der Waals surface area contributed by atoms with Gasteiger partial charge in [0.05, 0.1) is 34.6 Å². The fraction of sp³-hybridized carbons (Fsp3) is 0.229. The molecule has 4 aromatic heterocycles. The third-order valence-corrected chi connectivity index (χ3v) is 8.69. The third-order valence-electron chi connectivity index (χ3n) is 8.69. The molecule has 2 atom stereocenters. The molecule has 0 amide bonds. The maximum absolute atomic E-state index is 15.5. The van der Waals surface area contributed by atoms with E-state index in [4.69, 9.17) is 9.97 Å². The molecule has 4 heterocycles. The highest BCUT2D eigenvalue weighted by Gasteiger charge is 2.42. The summed E-state index contributed by atoms with van der Waals surface area (Å²) >= 11 is 0. The predicted molar refractivity (Wildman–Crippen MR) is 159 cm³/mol. The molecule has 2 aromatic carbocycles. The molecule has 2 saturated carbocycles. The van der Waals surface area contributed by atoms with E-state index in [0.717, 1.165) is 70.9 Å². The molecule has 0 saturated heterocycles. The fourth-order valence-corrected chi connectivity index (χ4v) is 6.37. The van der Waals surface area contributed by atoms with Gasteiger partial charge in [-0.3, -0.25) is 4.79 Å². The molecule has 0 spiro atoms. The number of Topliss-reactive ketones (excluding diaryl/α,β-unsaturated/α-hetero) is 1. The molecule has 7 nitrogen and oxygen atoms in total. The number of imidazole rings is 2. The van der Waals surface area contributed by atoms with Gasteiger partial charge in [-0.15, -0.1) is 0 Å². The first-order valence-electron chi connectivity index (χ1n) is 14.6. The monoisotopic (exact) mass is 554 g/mol. The lowest BCUT2D eigenvalue weighted by Gasteiger charge is -2.25. The van der Waals surface area contributed by atoms with E-state index in [1.807, 2.05) is 73.1 Å². The van der Waals surface area contributed by atoms with Gasteiger partial charge in [0.25, 0.3) is 0 Å².